The molecule has 1 atom stereocenters. The lowest BCUT2D eigenvalue weighted by Gasteiger charge is -2.30. The average Bonchev–Trinajstić information content (AvgIpc) is 3.02. The van der Waals surface area contributed by atoms with Crippen LogP contribution in [0.2, 0.25) is 0 Å². The highest BCUT2D eigenvalue weighted by molar-refractivity contribution is 8.18. The van der Waals surface area contributed by atoms with Crippen molar-refractivity contribution in [3.05, 3.63) is 24.4 Å². The lowest BCUT2D eigenvalue weighted by molar-refractivity contribution is 0.0307. The molecule has 0 aliphatic carbocycles. The first-order valence-electron chi connectivity index (χ1n) is 8.15. The lowest BCUT2D eigenvalue weighted by Crippen LogP contribution is -2.35. The first kappa shape index (κ1) is 17.6. The maximum Gasteiger partial charge on any atom is 0.410 e. The molecule has 3 rings (SSSR count). The third-order valence-corrected chi connectivity index (χ3v) is 6.39. The summed E-state index contributed by atoms with van der Waals surface area (Å²) in [6.45, 7) is 6.34. The van der Waals surface area contributed by atoms with Crippen molar-refractivity contribution in [2.75, 3.05) is 29.5 Å². The molecule has 8 heteroatoms. The van der Waals surface area contributed by atoms with E-state index in [1.165, 1.54) is 0 Å². The molecule has 2 aromatic rings. The molecule has 1 saturated heterocycles. The van der Waals surface area contributed by atoms with E-state index in [0.717, 1.165) is 16.8 Å². The Labute approximate surface area is 150 Å². The quantitative estimate of drug-likeness (QED) is 0.798. The van der Waals surface area contributed by atoms with E-state index in [2.05, 4.69) is 14.3 Å². The van der Waals surface area contributed by atoms with Gasteiger partial charge >= 0.3 is 6.09 Å². The Balaban J connectivity index is 1.70. The SMILES string of the molecule is CN(c1cnc2nc(O)ccc2c1)[SH]1CCN(C(=O)OC(C)(C)C)C1. The zero-order valence-electron chi connectivity index (χ0n) is 14.9. The van der Waals surface area contributed by atoms with Crippen LogP contribution in [0.15, 0.2) is 24.4 Å². The van der Waals surface area contributed by atoms with Crippen LogP contribution in [0.4, 0.5) is 10.5 Å². The Morgan fingerprint density at radius 3 is 2.88 bits per heavy atom. The Morgan fingerprint density at radius 1 is 1.40 bits per heavy atom. The molecular weight excluding hydrogens is 340 g/mol. The molecule has 1 aliphatic heterocycles. The van der Waals surface area contributed by atoms with Crippen LogP contribution in [-0.4, -0.2) is 56.9 Å². The summed E-state index contributed by atoms with van der Waals surface area (Å²) in [5.74, 6) is 1.60. The van der Waals surface area contributed by atoms with Gasteiger partial charge in [-0.2, -0.15) is 16.1 Å². The van der Waals surface area contributed by atoms with Gasteiger partial charge in [0.1, 0.15) is 5.60 Å². The molecule has 25 heavy (non-hydrogen) atoms. The number of carbonyl (C=O) groups excluding carboxylic acids is 1. The number of anilines is 1. The van der Waals surface area contributed by atoms with Crippen molar-refractivity contribution >= 4 is 33.9 Å². The van der Waals surface area contributed by atoms with Gasteiger partial charge in [-0.1, -0.05) is 0 Å². The van der Waals surface area contributed by atoms with Gasteiger partial charge in [-0.15, -0.1) is 0 Å². The number of aromatic hydroxyl groups is 1. The van der Waals surface area contributed by atoms with E-state index in [9.17, 15) is 9.90 Å². The molecule has 0 bridgehead atoms. The molecule has 136 valence electrons. The number of thiol groups is 1. The maximum atomic E-state index is 12.2. The maximum absolute atomic E-state index is 12.2. The Hall–Kier alpha value is -2.22. The average molecular weight is 364 g/mol. The van der Waals surface area contributed by atoms with Gasteiger partial charge in [0.15, 0.2) is 5.65 Å². The number of carbonyl (C=O) groups is 1. The van der Waals surface area contributed by atoms with Crippen molar-refractivity contribution in [3.8, 4) is 5.88 Å². The van der Waals surface area contributed by atoms with E-state index in [-0.39, 0.29) is 12.0 Å². The fourth-order valence-electron chi connectivity index (χ4n) is 2.62. The Morgan fingerprint density at radius 2 is 2.16 bits per heavy atom. The highest BCUT2D eigenvalue weighted by Crippen LogP contribution is 2.39. The predicted molar refractivity (Wildman–Crippen MR) is 101 cm³/mol. The van der Waals surface area contributed by atoms with Crippen LogP contribution in [0.1, 0.15) is 20.8 Å². The van der Waals surface area contributed by atoms with Gasteiger partial charge in [0, 0.05) is 30.8 Å². The second-order valence-electron chi connectivity index (χ2n) is 7.05. The number of ether oxygens (including phenoxy) is 1. The van der Waals surface area contributed by atoms with Crippen LogP contribution < -0.4 is 4.31 Å². The van der Waals surface area contributed by atoms with Crippen LogP contribution in [0.3, 0.4) is 0 Å². The molecule has 7 nitrogen and oxygen atoms in total. The zero-order chi connectivity index (χ0) is 18.2. The van der Waals surface area contributed by atoms with Crippen molar-refractivity contribution in [1.29, 1.82) is 0 Å². The number of pyridine rings is 2. The van der Waals surface area contributed by atoms with E-state index >= 15 is 0 Å². The minimum absolute atomic E-state index is 0.0331. The molecular formula is C17H24N4O3S. The number of hydrogen-bond acceptors (Lipinski definition) is 6. The predicted octanol–water partition coefficient (Wildman–Crippen LogP) is 2.90. The second-order valence-corrected chi connectivity index (χ2v) is 9.39. The first-order valence-corrected chi connectivity index (χ1v) is 9.82. The zero-order valence-corrected chi connectivity index (χ0v) is 15.8. The van der Waals surface area contributed by atoms with Crippen LogP contribution in [0.5, 0.6) is 5.88 Å². The van der Waals surface area contributed by atoms with Gasteiger partial charge < -0.3 is 14.1 Å². The Bertz CT molecular complexity index is 793. The van der Waals surface area contributed by atoms with Crippen LogP contribution >= 0.6 is 11.1 Å². The van der Waals surface area contributed by atoms with E-state index in [4.69, 9.17) is 4.74 Å². The topological polar surface area (TPSA) is 78.8 Å². The number of amides is 1. The molecule has 0 saturated carbocycles. The Kier molecular flexibility index (Phi) is 4.64. The molecule has 1 amide bonds. The van der Waals surface area contributed by atoms with Gasteiger partial charge in [-0.05, 0) is 32.9 Å². The minimum atomic E-state index is -0.509. The van der Waals surface area contributed by atoms with Crippen molar-refractivity contribution in [1.82, 2.24) is 14.9 Å². The first-order chi connectivity index (χ1) is 11.7. The summed E-state index contributed by atoms with van der Waals surface area (Å²) in [6, 6.07) is 5.36. The molecule has 1 unspecified atom stereocenters. The summed E-state index contributed by atoms with van der Waals surface area (Å²) in [7, 11) is 2.03. The fraction of sp³-hybridized carbons (Fsp3) is 0.471. The van der Waals surface area contributed by atoms with Crippen LogP contribution in [0, 0.1) is 0 Å². The number of nitrogens with zero attached hydrogens (tertiary/aromatic N) is 4. The van der Waals surface area contributed by atoms with Gasteiger partial charge in [0.2, 0.25) is 5.88 Å². The largest absolute Gasteiger partial charge is 0.493 e. The molecule has 0 spiro atoms. The third kappa shape index (κ3) is 4.07. The van der Waals surface area contributed by atoms with E-state index in [1.807, 2.05) is 33.9 Å². The summed E-state index contributed by atoms with van der Waals surface area (Å²) in [4.78, 5) is 22.3. The molecule has 1 fully saturated rings. The summed E-state index contributed by atoms with van der Waals surface area (Å²) in [5, 5.41) is 10.3. The van der Waals surface area contributed by atoms with E-state index in [0.29, 0.717) is 18.1 Å². The van der Waals surface area contributed by atoms with Gasteiger partial charge in [-0.3, -0.25) is 4.90 Å². The summed E-state index contributed by atoms with van der Waals surface area (Å²) in [6.07, 6.45) is 1.51. The fourth-order valence-corrected chi connectivity index (χ4v) is 4.81. The van der Waals surface area contributed by atoms with Crippen molar-refractivity contribution < 1.29 is 14.6 Å². The van der Waals surface area contributed by atoms with Gasteiger partial charge in [0.25, 0.3) is 0 Å². The van der Waals surface area contributed by atoms with Gasteiger partial charge in [0.05, 0.1) is 17.8 Å². The van der Waals surface area contributed by atoms with Crippen molar-refractivity contribution in [2.24, 2.45) is 0 Å². The smallest absolute Gasteiger partial charge is 0.410 e. The van der Waals surface area contributed by atoms with E-state index in [1.54, 1.807) is 23.2 Å². The highest BCUT2D eigenvalue weighted by atomic mass is 32.2. The van der Waals surface area contributed by atoms with E-state index < -0.39 is 16.7 Å². The van der Waals surface area contributed by atoms with Crippen molar-refractivity contribution in [2.45, 2.75) is 26.4 Å². The number of rotatable bonds is 2. The molecule has 2 aromatic heterocycles. The molecule has 1 aliphatic rings. The third-order valence-electron chi connectivity index (χ3n) is 3.92. The van der Waals surface area contributed by atoms with Gasteiger partial charge in [-0.25, -0.2) is 9.78 Å². The number of fused-ring (bicyclic) bond motifs is 1. The normalized spacial score (nSPS) is 19.2. The van der Waals surface area contributed by atoms with Crippen molar-refractivity contribution in [3.63, 3.8) is 0 Å². The molecule has 0 radical (unpaired) electrons. The minimum Gasteiger partial charge on any atom is -0.493 e. The summed E-state index contributed by atoms with van der Waals surface area (Å²) >= 11 is -0.509. The number of aromatic nitrogens is 2. The monoisotopic (exact) mass is 364 g/mol. The standard InChI is InChI=1S/C17H24N4O3S/c1-17(2,3)24-16(23)21-7-8-25(11-21)20(4)13-9-12-5-6-14(22)19-15(12)18-10-13/h5-6,9-10,25H,7-8,11H2,1-4H3,(H,18,19,22). The molecule has 3 heterocycles. The lowest BCUT2D eigenvalue weighted by atomic mass is 10.2. The summed E-state index contributed by atoms with van der Waals surface area (Å²) < 4.78 is 7.65. The highest BCUT2D eigenvalue weighted by Gasteiger charge is 2.30. The van der Waals surface area contributed by atoms with Crippen LogP contribution in [-0.2, 0) is 4.74 Å². The van der Waals surface area contributed by atoms with Crippen LogP contribution in [0.25, 0.3) is 11.0 Å². The second kappa shape index (κ2) is 6.59. The number of hydrogen-bond donors (Lipinski definition) is 2. The molecule has 1 N–H and O–H groups in total. The summed E-state index contributed by atoms with van der Waals surface area (Å²) in [5.41, 5.74) is 1.03. The molecule has 0 aromatic carbocycles.